The molecular formula is C16H23ClN2O3S. The number of hydrogen-bond acceptors (Lipinski definition) is 4. The Morgan fingerprint density at radius 1 is 1.13 bits per heavy atom. The van der Waals surface area contributed by atoms with Gasteiger partial charge in [-0.15, -0.1) is 0 Å². The van der Waals surface area contributed by atoms with Gasteiger partial charge >= 0.3 is 0 Å². The highest BCUT2D eigenvalue weighted by molar-refractivity contribution is 7.89. The SMILES string of the molecule is O=S(=O)(c1ccccc1Cl)N1CCCN(C[C@H]2CCCO2)CC1. The summed E-state index contributed by atoms with van der Waals surface area (Å²) in [6.07, 6.45) is 3.38. The zero-order chi connectivity index (χ0) is 16.3. The molecule has 0 amide bonds. The van der Waals surface area contributed by atoms with Crippen molar-refractivity contribution < 1.29 is 13.2 Å². The number of ether oxygens (including phenoxy) is 1. The largest absolute Gasteiger partial charge is 0.377 e. The van der Waals surface area contributed by atoms with Crippen molar-refractivity contribution in [3.8, 4) is 0 Å². The average molecular weight is 359 g/mol. The Labute approximate surface area is 143 Å². The first-order chi connectivity index (χ1) is 11.1. The van der Waals surface area contributed by atoms with Crippen LogP contribution in [0.15, 0.2) is 29.2 Å². The molecule has 128 valence electrons. The van der Waals surface area contributed by atoms with Gasteiger partial charge in [-0.25, -0.2) is 8.42 Å². The molecule has 0 spiro atoms. The molecule has 0 saturated carbocycles. The van der Waals surface area contributed by atoms with Crippen LogP contribution in [-0.4, -0.2) is 63.1 Å². The maximum atomic E-state index is 12.8. The molecule has 0 unspecified atom stereocenters. The molecule has 3 rings (SSSR count). The zero-order valence-electron chi connectivity index (χ0n) is 13.2. The molecule has 1 aromatic carbocycles. The monoisotopic (exact) mass is 358 g/mol. The minimum Gasteiger partial charge on any atom is -0.377 e. The lowest BCUT2D eigenvalue weighted by Gasteiger charge is -2.24. The third-order valence-corrected chi connectivity index (χ3v) is 6.89. The summed E-state index contributed by atoms with van der Waals surface area (Å²) in [7, 11) is -3.52. The molecule has 0 N–H and O–H groups in total. The predicted octanol–water partition coefficient (Wildman–Crippen LogP) is 2.22. The minimum atomic E-state index is -3.52. The summed E-state index contributed by atoms with van der Waals surface area (Å²) in [5.41, 5.74) is 0. The van der Waals surface area contributed by atoms with Crippen molar-refractivity contribution in [3.63, 3.8) is 0 Å². The number of sulfonamides is 1. The van der Waals surface area contributed by atoms with E-state index in [9.17, 15) is 8.42 Å². The molecule has 0 aliphatic carbocycles. The van der Waals surface area contributed by atoms with Crippen molar-refractivity contribution in [1.82, 2.24) is 9.21 Å². The van der Waals surface area contributed by atoms with Gasteiger partial charge in [-0.05, 0) is 37.9 Å². The molecule has 0 radical (unpaired) electrons. The van der Waals surface area contributed by atoms with Crippen LogP contribution in [0.5, 0.6) is 0 Å². The molecule has 7 heteroatoms. The van der Waals surface area contributed by atoms with E-state index in [2.05, 4.69) is 4.90 Å². The van der Waals surface area contributed by atoms with Gasteiger partial charge in [0.1, 0.15) is 4.90 Å². The van der Waals surface area contributed by atoms with Crippen LogP contribution in [-0.2, 0) is 14.8 Å². The Morgan fingerprint density at radius 3 is 2.70 bits per heavy atom. The van der Waals surface area contributed by atoms with Crippen LogP contribution in [0.3, 0.4) is 0 Å². The van der Waals surface area contributed by atoms with Gasteiger partial charge < -0.3 is 4.74 Å². The van der Waals surface area contributed by atoms with Crippen LogP contribution in [0.2, 0.25) is 5.02 Å². The van der Waals surface area contributed by atoms with Crippen LogP contribution >= 0.6 is 11.6 Å². The highest BCUT2D eigenvalue weighted by atomic mass is 35.5. The minimum absolute atomic E-state index is 0.203. The van der Waals surface area contributed by atoms with E-state index in [1.807, 2.05) is 0 Å². The third-order valence-electron chi connectivity index (χ3n) is 4.49. The second-order valence-electron chi connectivity index (χ2n) is 6.12. The highest BCUT2D eigenvalue weighted by Gasteiger charge is 2.29. The van der Waals surface area contributed by atoms with Gasteiger partial charge in [-0.3, -0.25) is 4.90 Å². The van der Waals surface area contributed by atoms with E-state index >= 15 is 0 Å². The number of nitrogens with zero attached hydrogens (tertiary/aromatic N) is 2. The van der Waals surface area contributed by atoms with Gasteiger partial charge in [-0.2, -0.15) is 4.31 Å². The summed E-state index contributed by atoms with van der Waals surface area (Å²) in [5, 5.41) is 0.285. The lowest BCUT2D eigenvalue weighted by atomic mass is 10.2. The lowest BCUT2D eigenvalue weighted by Crippen LogP contribution is -2.37. The smallest absolute Gasteiger partial charge is 0.244 e. The van der Waals surface area contributed by atoms with Crippen LogP contribution < -0.4 is 0 Å². The van der Waals surface area contributed by atoms with Crippen molar-refractivity contribution in [2.45, 2.75) is 30.3 Å². The van der Waals surface area contributed by atoms with Crippen molar-refractivity contribution in [1.29, 1.82) is 0 Å². The van der Waals surface area contributed by atoms with Crippen LogP contribution in [0.4, 0.5) is 0 Å². The average Bonchev–Trinajstić information content (AvgIpc) is 2.91. The Bertz CT molecular complexity index is 632. The van der Waals surface area contributed by atoms with E-state index in [0.29, 0.717) is 19.2 Å². The van der Waals surface area contributed by atoms with Crippen molar-refractivity contribution >= 4 is 21.6 Å². The van der Waals surface area contributed by atoms with Crippen LogP contribution in [0.1, 0.15) is 19.3 Å². The molecule has 23 heavy (non-hydrogen) atoms. The third kappa shape index (κ3) is 4.06. The van der Waals surface area contributed by atoms with Crippen LogP contribution in [0, 0.1) is 0 Å². The zero-order valence-corrected chi connectivity index (χ0v) is 14.7. The molecular weight excluding hydrogens is 336 g/mol. The van der Waals surface area contributed by atoms with Gasteiger partial charge in [0.2, 0.25) is 10.0 Å². The van der Waals surface area contributed by atoms with E-state index in [0.717, 1.165) is 45.5 Å². The molecule has 1 atom stereocenters. The maximum absolute atomic E-state index is 12.8. The summed E-state index contributed by atoms with van der Waals surface area (Å²) in [6.45, 7) is 4.44. The Morgan fingerprint density at radius 2 is 1.96 bits per heavy atom. The fraction of sp³-hybridized carbons (Fsp3) is 0.625. The first kappa shape index (κ1) is 17.2. The maximum Gasteiger partial charge on any atom is 0.244 e. The van der Waals surface area contributed by atoms with E-state index in [1.54, 1.807) is 28.6 Å². The summed E-state index contributed by atoms with van der Waals surface area (Å²) in [4.78, 5) is 2.52. The Kier molecular flexibility index (Phi) is 5.59. The predicted molar refractivity (Wildman–Crippen MR) is 90.2 cm³/mol. The quantitative estimate of drug-likeness (QED) is 0.828. The number of rotatable bonds is 4. The second kappa shape index (κ2) is 7.49. The molecule has 2 saturated heterocycles. The van der Waals surface area contributed by atoms with E-state index < -0.39 is 10.0 Å². The normalized spacial score (nSPS) is 24.7. The standard InChI is InChI=1S/C16H23ClN2O3S/c17-15-6-1-2-7-16(15)23(20,21)19-9-4-8-18(10-11-19)13-14-5-3-12-22-14/h1-2,6-7,14H,3-5,8-13H2/t14-/m1/s1. The van der Waals surface area contributed by atoms with Crippen molar-refractivity contribution in [2.24, 2.45) is 0 Å². The Balaban J connectivity index is 1.66. The summed E-state index contributed by atoms with van der Waals surface area (Å²) >= 11 is 6.08. The number of benzene rings is 1. The molecule has 5 nitrogen and oxygen atoms in total. The van der Waals surface area contributed by atoms with Gasteiger partial charge in [0, 0.05) is 32.8 Å². The first-order valence-corrected chi connectivity index (χ1v) is 9.98. The fourth-order valence-electron chi connectivity index (χ4n) is 3.24. The summed E-state index contributed by atoms with van der Waals surface area (Å²) in [5.74, 6) is 0. The highest BCUT2D eigenvalue weighted by Crippen LogP contribution is 2.25. The first-order valence-electron chi connectivity index (χ1n) is 8.16. The fourth-order valence-corrected chi connectivity index (χ4v) is 5.20. The molecule has 2 aliphatic rings. The molecule has 2 aliphatic heterocycles. The van der Waals surface area contributed by atoms with Crippen molar-refractivity contribution in [2.75, 3.05) is 39.3 Å². The summed E-state index contributed by atoms with van der Waals surface area (Å²) < 4.78 is 32.9. The second-order valence-corrected chi connectivity index (χ2v) is 8.44. The molecule has 1 aromatic rings. The van der Waals surface area contributed by atoms with E-state index in [-0.39, 0.29) is 9.92 Å². The van der Waals surface area contributed by atoms with Gasteiger partial charge in [0.15, 0.2) is 0 Å². The lowest BCUT2D eigenvalue weighted by molar-refractivity contribution is 0.0749. The molecule has 2 fully saturated rings. The number of hydrogen-bond donors (Lipinski definition) is 0. The van der Waals surface area contributed by atoms with E-state index in [1.165, 1.54) is 0 Å². The Hall–Kier alpha value is -0.660. The van der Waals surface area contributed by atoms with Crippen LogP contribution in [0.25, 0.3) is 0 Å². The number of halogens is 1. The van der Waals surface area contributed by atoms with Crippen molar-refractivity contribution in [3.05, 3.63) is 29.3 Å². The van der Waals surface area contributed by atoms with Gasteiger partial charge in [0.05, 0.1) is 11.1 Å². The molecule has 2 heterocycles. The molecule has 0 aromatic heterocycles. The van der Waals surface area contributed by atoms with Gasteiger partial charge in [0.25, 0.3) is 0 Å². The summed E-state index contributed by atoms with van der Waals surface area (Å²) in [6, 6.07) is 6.65. The van der Waals surface area contributed by atoms with Gasteiger partial charge in [-0.1, -0.05) is 23.7 Å². The topological polar surface area (TPSA) is 49.9 Å². The van der Waals surface area contributed by atoms with E-state index in [4.69, 9.17) is 16.3 Å². The molecule has 0 bridgehead atoms.